The van der Waals surface area contributed by atoms with Crippen LogP contribution in [0.4, 0.5) is 0 Å². The zero-order valence-corrected chi connectivity index (χ0v) is 54.8. The molecule has 11 rings (SSSR count). The summed E-state index contributed by atoms with van der Waals surface area (Å²) in [4.78, 5) is 15.6. The Morgan fingerprint density at radius 1 is 0.400 bits per heavy atom. The molecule has 4 aliphatic carbocycles. The molecule has 7 aliphatic heterocycles. The second kappa shape index (κ2) is 31.2. The minimum atomic E-state index is -2.21. The summed E-state index contributed by atoms with van der Waals surface area (Å²) in [5.41, 5.74) is -3.47. The molecule has 38 heteroatoms. The lowest BCUT2D eigenvalue weighted by Crippen LogP contribution is -2.68. The lowest BCUT2D eigenvalue weighted by molar-refractivity contribution is -0.400. The molecule has 41 atom stereocenters. The van der Waals surface area contributed by atoms with Gasteiger partial charge in [0, 0.05) is 0 Å². The summed E-state index contributed by atoms with van der Waals surface area (Å²) in [6.07, 6.45) is -63.2. The molecule has 23 N–H and O–H groups in total. The lowest BCUT2D eigenvalue weighted by atomic mass is 9.41. The first-order valence-electron chi connectivity index (χ1n) is 33.9. The molecule has 4 saturated carbocycles. The Bertz CT molecular complexity index is 2720. The summed E-state index contributed by atoms with van der Waals surface area (Å²) in [7, 11) is 0. The van der Waals surface area contributed by atoms with E-state index in [9.17, 15) is 117 Å². The van der Waals surface area contributed by atoms with Crippen LogP contribution in [-0.2, 0) is 71.1 Å². The van der Waals surface area contributed by atoms with Gasteiger partial charge in [0.25, 0.3) is 0 Å². The van der Waals surface area contributed by atoms with Gasteiger partial charge in [-0.05, 0) is 86.5 Å². The van der Waals surface area contributed by atoms with Crippen molar-refractivity contribution in [1.82, 2.24) is 0 Å². The summed E-state index contributed by atoms with van der Waals surface area (Å²) < 4.78 is 84.6. The maximum absolute atomic E-state index is 15.6. The molecule has 11 fully saturated rings. The highest BCUT2D eigenvalue weighted by Crippen LogP contribution is 2.74. The first-order chi connectivity index (χ1) is 47.3. The van der Waals surface area contributed by atoms with E-state index >= 15 is 4.79 Å². The van der Waals surface area contributed by atoms with Crippen molar-refractivity contribution in [2.24, 2.45) is 28.1 Å². The van der Waals surface area contributed by atoms with E-state index in [0.29, 0.717) is 44.1 Å². The maximum Gasteiger partial charge on any atom is 0.314 e. The number of carbonyl (C=O) groups excluding carboxylic acids is 1. The number of aliphatic hydroxyl groups excluding tert-OH is 23. The number of hydrogen-bond acceptors (Lipinski definition) is 38. The number of fused-ring (bicyclic) bond motifs is 3. The highest BCUT2D eigenvalue weighted by atomic mass is 16.8. The maximum atomic E-state index is 15.6. The Balaban J connectivity index is 0.852. The summed E-state index contributed by atoms with van der Waals surface area (Å²) in [6, 6.07) is 0. The van der Waals surface area contributed by atoms with Crippen LogP contribution in [0.3, 0.4) is 0 Å². The van der Waals surface area contributed by atoms with Gasteiger partial charge in [-0.15, -0.1) is 0 Å². The SMILES string of the molecule is C=C1C[C@@]23CCC4[C@](C)(C(=O)OC5OC(CO)C(O)C(OC6OC(COC7OC(CO)C(O)C(O)C7O)C(O)C(O)C6O)C5OC5OC(CO)C(O)C(O)C5O)CCC[C@@]4(C)[C@@H]2CC[C@]1(OC1OC(CO)C(O)C(OC2OC(CO)C(O)C(O)C2O)C1OC1OC(CO)C(O)C(O)C1O)C3. The summed E-state index contributed by atoms with van der Waals surface area (Å²) in [6.45, 7) is 2.03. The average molecular weight is 1450 g/mol. The number of aliphatic hydroxyl groups is 23. The monoisotopic (exact) mass is 1450 g/mol. The molecule has 0 radical (unpaired) electrons. The molecule has 2 bridgehead atoms. The van der Waals surface area contributed by atoms with Crippen molar-refractivity contribution in [2.75, 3.05) is 46.2 Å². The third-order valence-electron chi connectivity index (χ3n) is 23.4. The number of rotatable bonds is 21. The van der Waals surface area contributed by atoms with E-state index in [1.165, 1.54) is 0 Å². The van der Waals surface area contributed by atoms with Gasteiger partial charge in [0.15, 0.2) is 43.8 Å². The van der Waals surface area contributed by atoms with E-state index in [-0.39, 0.29) is 25.2 Å². The predicted octanol–water partition coefficient (Wildman–Crippen LogP) is -11.6. The van der Waals surface area contributed by atoms with Gasteiger partial charge in [-0.3, -0.25) is 4.79 Å². The van der Waals surface area contributed by atoms with Crippen LogP contribution in [0.5, 0.6) is 0 Å². The molecule has 100 heavy (non-hydrogen) atoms. The van der Waals surface area contributed by atoms with Crippen molar-refractivity contribution in [3.63, 3.8) is 0 Å². The second-order valence-corrected chi connectivity index (χ2v) is 29.3. The van der Waals surface area contributed by atoms with Crippen LogP contribution in [0, 0.1) is 28.1 Å². The minimum absolute atomic E-state index is 0.202. The van der Waals surface area contributed by atoms with Crippen molar-refractivity contribution in [1.29, 1.82) is 0 Å². The van der Waals surface area contributed by atoms with Gasteiger partial charge < -0.3 is 184 Å². The third kappa shape index (κ3) is 14.1. The van der Waals surface area contributed by atoms with E-state index in [1.807, 2.05) is 0 Å². The van der Waals surface area contributed by atoms with E-state index in [1.54, 1.807) is 6.92 Å². The molecule has 38 nitrogen and oxygen atoms in total. The fourth-order valence-electron chi connectivity index (χ4n) is 17.8. The number of ether oxygens (including phenoxy) is 14. The van der Waals surface area contributed by atoms with Gasteiger partial charge in [0.1, 0.15) is 165 Å². The van der Waals surface area contributed by atoms with Crippen LogP contribution in [0.1, 0.15) is 71.6 Å². The van der Waals surface area contributed by atoms with Crippen LogP contribution in [0.25, 0.3) is 0 Å². The van der Waals surface area contributed by atoms with Gasteiger partial charge in [-0.25, -0.2) is 0 Å². The third-order valence-corrected chi connectivity index (χ3v) is 23.4. The highest BCUT2D eigenvalue weighted by Gasteiger charge is 2.70. The fraction of sp³-hybridized carbons (Fsp3) is 0.952. The van der Waals surface area contributed by atoms with Crippen molar-refractivity contribution in [2.45, 2.75) is 292 Å². The Kier molecular flexibility index (Phi) is 24.6. The molecular formula is C62H100O38. The smallest absolute Gasteiger partial charge is 0.314 e. The van der Waals surface area contributed by atoms with Gasteiger partial charge in [0.2, 0.25) is 6.29 Å². The van der Waals surface area contributed by atoms with E-state index in [4.69, 9.17) is 66.3 Å². The molecule has 1 spiro atoms. The first-order valence-corrected chi connectivity index (χ1v) is 33.9. The van der Waals surface area contributed by atoms with Crippen molar-refractivity contribution < 1.29 is 189 Å². The van der Waals surface area contributed by atoms with Gasteiger partial charge >= 0.3 is 5.97 Å². The van der Waals surface area contributed by atoms with Crippen molar-refractivity contribution in [3.05, 3.63) is 12.2 Å². The molecule has 0 aromatic rings. The minimum Gasteiger partial charge on any atom is -0.432 e. The number of carbonyl (C=O) groups is 1. The molecule has 576 valence electrons. The van der Waals surface area contributed by atoms with Crippen LogP contribution < -0.4 is 0 Å². The molecule has 7 saturated heterocycles. The van der Waals surface area contributed by atoms with E-state index in [2.05, 4.69) is 13.5 Å². The topological polar surface area (TPSA) is 612 Å². The first kappa shape index (κ1) is 78.8. The molecule has 0 aromatic heterocycles. The molecule has 11 aliphatic rings. The van der Waals surface area contributed by atoms with Gasteiger partial charge in [-0.1, -0.05) is 19.9 Å². The van der Waals surface area contributed by atoms with Gasteiger partial charge in [0.05, 0.1) is 57.3 Å². The number of esters is 1. The van der Waals surface area contributed by atoms with E-state index < -0.39 is 295 Å². The van der Waals surface area contributed by atoms with Crippen molar-refractivity contribution >= 4 is 5.97 Å². The quantitative estimate of drug-likeness (QED) is 0.0288. The standard InChI is InChI=1S/C62H100O38/c1-20-11-61-9-5-28-59(2,29(61)6-10-62(20,19-61)100-57-50(98-54-45(84)40(79)33(72)24(15-66)91-54)48(36(75)26(17-68)93-57)96-52-43(82)38(77)31(70)22(13-64)89-52)7-4-8-60(28,3)58(86)99-56-49(97-53-44(83)39(78)32(71)23(14-65)90-53)47(35(74)25(16-67)92-56)95-55-46(85)41(80)34(73)27(94-55)18-87-51-42(81)37(76)30(69)21(12-63)88-51/h21-57,63-85H,1,4-19H2,2-3H3/t21?,22?,23?,24?,25?,26?,27?,28?,29-,30?,31?,32?,33?,34?,35?,36?,37?,38?,39?,40?,41?,42?,43?,44?,45?,46?,47?,48?,49?,50?,51?,52?,53?,54?,55?,56?,57?,59+,60+,61+,62-/m0/s1. The molecule has 0 aromatic carbocycles. The molecule has 7 heterocycles. The fourth-order valence-corrected chi connectivity index (χ4v) is 17.8. The number of hydrogen-bond donors (Lipinski definition) is 23. The van der Waals surface area contributed by atoms with Crippen molar-refractivity contribution in [3.8, 4) is 0 Å². The largest absolute Gasteiger partial charge is 0.432 e. The molecule has 0 amide bonds. The highest BCUT2D eigenvalue weighted by molar-refractivity contribution is 5.77. The summed E-state index contributed by atoms with van der Waals surface area (Å²) in [5.74, 6) is -1.60. The molecular weight excluding hydrogens is 1350 g/mol. The van der Waals surface area contributed by atoms with Crippen LogP contribution >= 0.6 is 0 Å². The summed E-state index contributed by atoms with van der Waals surface area (Å²) in [5, 5.41) is 249. The average Bonchev–Trinajstić information content (AvgIpc) is 1.54. The predicted molar refractivity (Wildman–Crippen MR) is 317 cm³/mol. The Hall–Kier alpha value is -2.23. The summed E-state index contributed by atoms with van der Waals surface area (Å²) >= 11 is 0. The van der Waals surface area contributed by atoms with E-state index in [0.717, 1.165) is 0 Å². The second-order valence-electron chi connectivity index (χ2n) is 29.3. The van der Waals surface area contributed by atoms with Gasteiger partial charge in [-0.2, -0.15) is 0 Å². The van der Waals surface area contributed by atoms with Crippen LogP contribution in [0.15, 0.2) is 12.2 Å². The Morgan fingerprint density at radius 2 is 0.750 bits per heavy atom. The molecule has 36 unspecified atom stereocenters. The zero-order chi connectivity index (χ0) is 72.7. The lowest BCUT2D eigenvalue weighted by Gasteiger charge is -2.64. The Morgan fingerprint density at radius 3 is 1.19 bits per heavy atom. The van der Waals surface area contributed by atoms with Crippen LogP contribution in [0.2, 0.25) is 0 Å². The normalized spacial score (nSPS) is 54.5. The zero-order valence-electron chi connectivity index (χ0n) is 54.8. The van der Waals surface area contributed by atoms with Crippen LogP contribution in [-0.4, -0.2) is 390 Å². The Labute approximate surface area is 571 Å².